The summed E-state index contributed by atoms with van der Waals surface area (Å²) in [6.45, 7) is 2.23. The molecule has 0 fully saturated rings. The van der Waals surface area contributed by atoms with E-state index in [1.807, 2.05) is 13.0 Å². The molecule has 3 rings (SSSR count). The Balaban J connectivity index is 1.87. The molecule has 0 aliphatic heterocycles. The van der Waals surface area contributed by atoms with Gasteiger partial charge in [-0.25, -0.2) is 0 Å². The number of nitrogens with one attached hydrogen (secondary N) is 1. The van der Waals surface area contributed by atoms with Crippen molar-refractivity contribution in [3.63, 3.8) is 0 Å². The summed E-state index contributed by atoms with van der Waals surface area (Å²) in [5.41, 5.74) is 0.371. The van der Waals surface area contributed by atoms with Crippen molar-refractivity contribution >= 4 is 35.1 Å². The number of hydrogen-bond donors (Lipinski definition) is 1. The average molecular weight is 450 g/mol. The molecule has 1 N–H and O–H groups in total. The van der Waals surface area contributed by atoms with Crippen LogP contribution in [0.3, 0.4) is 0 Å². The van der Waals surface area contributed by atoms with Crippen LogP contribution in [0.25, 0.3) is 6.08 Å². The molecular weight excluding hydrogens is 432 g/mol. The molecule has 1 aromatic heterocycles. The number of benzene rings is 2. The van der Waals surface area contributed by atoms with E-state index >= 15 is 0 Å². The number of carbonyl (C=O) groups excluding carboxylic acids is 1. The summed E-state index contributed by atoms with van der Waals surface area (Å²) in [6.07, 6.45) is 2.79. The number of nitrogens with zero attached hydrogens (tertiary/aromatic N) is 5. The molecule has 0 aliphatic rings. The molecule has 0 saturated heterocycles. The number of nitro benzene ring substituents is 1. The summed E-state index contributed by atoms with van der Waals surface area (Å²) < 4.78 is 7.11. The van der Waals surface area contributed by atoms with Gasteiger partial charge >= 0.3 is 0 Å². The van der Waals surface area contributed by atoms with Crippen molar-refractivity contribution in [1.29, 1.82) is 5.26 Å². The number of carbonyl (C=O) groups is 1. The zero-order chi connectivity index (χ0) is 23.1. The molecule has 1 heterocycles. The van der Waals surface area contributed by atoms with E-state index in [1.165, 1.54) is 18.5 Å². The molecule has 0 radical (unpaired) electrons. The van der Waals surface area contributed by atoms with E-state index in [0.717, 1.165) is 11.8 Å². The van der Waals surface area contributed by atoms with Gasteiger partial charge in [-0.15, -0.1) is 10.2 Å². The van der Waals surface area contributed by atoms with Crippen LogP contribution in [0.5, 0.6) is 5.75 Å². The van der Waals surface area contributed by atoms with E-state index < -0.39 is 10.8 Å². The number of nitro groups is 1. The van der Waals surface area contributed by atoms with E-state index in [9.17, 15) is 20.2 Å². The maximum Gasteiger partial charge on any atom is 0.283 e. The van der Waals surface area contributed by atoms with Gasteiger partial charge in [0.1, 0.15) is 23.7 Å². The lowest BCUT2D eigenvalue weighted by Crippen LogP contribution is -2.14. The number of hydrogen-bond acceptors (Lipinski definition) is 8. The highest BCUT2D eigenvalue weighted by atomic mass is 32.2. The number of rotatable bonds is 8. The lowest BCUT2D eigenvalue weighted by Gasteiger charge is -2.10. The topological polar surface area (TPSA) is 136 Å². The first kappa shape index (κ1) is 22.5. The molecule has 0 spiro atoms. The molecule has 32 heavy (non-hydrogen) atoms. The Morgan fingerprint density at radius 1 is 1.38 bits per heavy atom. The molecule has 0 saturated carbocycles. The predicted molar refractivity (Wildman–Crippen MR) is 118 cm³/mol. The second-order valence-electron chi connectivity index (χ2n) is 6.36. The third kappa shape index (κ3) is 5.30. The maximum atomic E-state index is 12.6. The number of aromatic nitrogens is 3. The lowest BCUT2D eigenvalue weighted by molar-refractivity contribution is -0.387. The molecule has 0 atom stereocenters. The van der Waals surface area contributed by atoms with Gasteiger partial charge in [0.25, 0.3) is 11.6 Å². The molecule has 162 valence electrons. The first-order valence-electron chi connectivity index (χ1n) is 9.38. The Bertz CT molecular complexity index is 1230. The number of ether oxygens (including phenoxy) is 1. The summed E-state index contributed by atoms with van der Waals surface area (Å²) >= 11 is 1.09. The van der Waals surface area contributed by atoms with Crippen molar-refractivity contribution in [2.45, 2.75) is 17.0 Å². The Kier molecular flexibility index (Phi) is 7.20. The van der Waals surface area contributed by atoms with E-state index in [-0.39, 0.29) is 11.3 Å². The second kappa shape index (κ2) is 10.2. The highest BCUT2D eigenvalue weighted by Crippen LogP contribution is 2.34. The monoisotopic (exact) mass is 450 g/mol. The minimum Gasteiger partial charge on any atom is -0.492 e. The van der Waals surface area contributed by atoms with Crippen LogP contribution in [-0.2, 0) is 11.8 Å². The zero-order valence-electron chi connectivity index (χ0n) is 17.2. The number of amides is 1. The van der Waals surface area contributed by atoms with Gasteiger partial charge in [-0.1, -0.05) is 18.2 Å². The van der Waals surface area contributed by atoms with Gasteiger partial charge in [-0.3, -0.25) is 14.9 Å². The van der Waals surface area contributed by atoms with E-state index in [1.54, 1.807) is 48.0 Å². The molecule has 0 unspecified atom stereocenters. The zero-order valence-corrected chi connectivity index (χ0v) is 18.0. The number of aryl methyl sites for hydroxylation is 1. The smallest absolute Gasteiger partial charge is 0.283 e. The van der Waals surface area contributed by atoms with Crippen LogP contribution in [0.1, 0.15) is 12.5 Å². The van der Waals surface area contributed by atoms with E-state index in [0.29, 0.717) is 33.7 Å². The lowest BCUT2D eigenvalue weighted by atomic mass is 10.1. The Morgan fingerprint density at radius 2 is 2.16 bits per heavy atom. The maximum absolute atomic E-state index is 12.6. The molecule has 0 bridgehead atoms. The summed E-state index contributed by atoms with van der Waals surface area (Å²) in [4.78, 5) is 24.0. The van der Waals surface area contributed by atoms with Crippen molar-refractivity contribution < 1.29 is 14.5 Å². The van der Waals surface area contributed by atoms with E-state index in [2.05, 4.69) is 15.5 Å². The normalized spacial score (nSPS) is 11.0. The van der Waals surface area contributed by atoms with Crippen molar-refractivity contribution in [1.82, 2.24) is 14.8 Å². The van der Waals surface area contributed by atoms with Gasteiger partial charge in [0.2, 0.25) is 0 Å². The average Bonchev–Trinajstić information content (AvgIpc) is 3.18. The molecule has 0 aliphatic carbocycles. The highest BCUT2D eigenvalue weighted by molar-refractivity contribution is 7.99. The van der Waals surface area contributed by atoms with Crippen LogP contribution in [-0.4, -0.2) is 32.2 Å². The fourth-order valence-electron chi connectivity index (χ4n) is 2.67. The Hall–Kier alpha value is -4.17. The summed E-state index contributed by atoms with van der Waals surface area (Å²) in [5.74, 6) is -0.179. The van der Waals surface area contributed by atoms with E-state index in [4.69, 9.17) is 4.74 Å². The van der Waals surface area contributed by atoms with Crippen molar-refractivity contribution in [2.75, 3.05) is 11.9 Å². The van der Waals surface area contributed by atoms with Crippen LogP contribution in [0.15, 0.2) is 64.4 Å². The molecule has 1 amide bonds. The van der Waals surface area contributed by atoms with Crippen molar-refractivity contribution in [3.8, 4) is 11.8 Å². The molecule has 11 heteroatoms. The van der Waals surface area contributed by atoms with Crippen LogP contribution >= 0.6 is 11.8 Å². The number of para-hydroxylation sites is 2. The standard InChI is InChI=1S/C21H18N6O4S/c1-3-31-18-7-5-4-6-16(18)24-20(28)15(12-22)10-14-8-9-19(17(11-14)27(29)30)32-21-25-23-13-26(21)2/h4-11,13H,3H2,1-2H3,(H,24,28)/b15-10+. The third-order valence-electron chi connectivity index (χ3n) is 4.16. The molecule has 2 aromatic carbocycles. The van der Waals surface area contributed by atoms with Gasteiger partial charge in [-0.05, 0) is 48.5 Å². The fraction of sp³-hybridized carbons (Fsp3) is 0.143. The van der Waals surface area contributed by atoms with Gasteiger partial charge in [0.05, 0.1) is 22.1 Å². The first-order valence-corrected chi connectivity index (χ1v) is 10.2. The van der Waals surface area contributed by atoms with Crippen molar-refractivity contribution in [3.05, 3.63) is 70.0 Å². The van der Waals surface area contributed by atoms with Gasteiger partial charge < -0.3 is 14.6 Å². The first-order chi connectivity index (χ1) is 15.4. The number of nitriles is 1. The highest BCUT2D eigenvalue weighted by Gasteiger charge is 2.19. The Labute approximate surface area is 187 Å². The van der Waals surface area contributed by atoms with Crippen LogP contribution in [0.2, 0.25) is 0 Å². The predicted octanol–water partition coefficient (Wildman–Crippen LogP) is 3.82. The van der Waals surface area contributed by atoms with Crippen LogP contribution < -0.4 is 10.1 Å². The molecule has 3 aromatic rings. The molecular formula is C21H18N6O4S. The summed E-state index contributed by atoms with van der Waals surface area (Å²) in [5, 5.41) is 31.9. The van der Waals surface area contributed by atoms with Crippen LogP contribution in [0.4, 0.5) is 11.4 Å². The fourth-order valence-corrected chi connectivity index (χ4v) is 3.52. The second-order valence-corrected chi connectivity index (χ2v) is 7.37. The SMILES string of the molecule is CCOc1ccccc1NC(=O)/C(C#N)=C/c1ccc(Sc2nncn2C)c([N+](=O)[O-])c1. The molecule has 10 nitrogen and oxygen atoms in total. The summed E-state index contributed by atoms with van der Waals surface area (Å²) in [6, 6.07) is 13.1. The Morgan fingerprint density at radius 3 is 2.81 bits per heavy atom. The third-order valence-corrected chi connectivity index (χ3v) is 5.28. The minimum atomic E-state index is -0.653. The van der Waals surface area contributed by atoms with Crippen molar-refractivity contribution in [2.24, 2.45) is 7.05 Å². The van der Waals surface area contributed by atoms with Gasteiger partial charge in [0.15, 0.2) is 5.16 Å². The minimum absolute atomic E-state index is 0.175. The largest absolute Gasteiger partial charge is 0.492 e. The van der Waals surface area contributed by atoms with Gasteiger partial charge in [-0.2, -0.15) is 5.26 Å². The van der Waals surface area contributed by atoms with Crippen LogP contribution in [0, 0.1) is 21.4 Å². The number of anilines is 1. The summed E-state index contributed by atoms with van der Waals surface area (Å²) in [7, 11) is 1.73. The van der Waals surface area contributed by atoms with Gasteiger partial charge in [0, 0.05) is 13.1 Å². The quantitative estimate of drug-likeness (QED) is 0.237.